The Balaban J connectivity index is 2.35. The van der Waals surface area contributed by atoms with Gasteiger partial charge in [0.1, 0.15) is 11.3 Å². The lowest BCUT2D eigenvalue weighted by Crippen LogP contribution is -2.14. The van der Waals surface area contributed by atoms with Crippen molar-refractivity contribution in [3.05, 3.63) is 24.2 Å². The van der Waals surface area contributed by atoms with E-state index < -0.39 is 12.6 Å². The van der Waals surface area contributed by atoms with E-state index in [0.29, 0.717) is 29.3 Å². The van der Waals surface area contributed by atoms with Crippen molar-refractivity contribution >= 4 is 22.8 Å². The summed E-state index contributed by atoms with van der Waals surface area (Å²) in [6.45, 7) is -0.177. The second-order valence-corrected chi connectivity index (χ2v) is 4.21. The third-order valence-electron chi connectivity index (χ3n) is 2.52. The van der Waals surface area contributed by atoms with E-state index in [2.05, 4.69) is 9.97 Å². The minimum absolute atomic E-state index is 0.177. The van der Waals surface area contributed by atoms with Gasteiger partial charge in [0.25, 0.3) is 0 Å². The van der Waals surface area contributed by atoms with Crippen molar-refractivity contribution in [1.29, 1.82) is 0 Å². The summed E-state index contributed by atoms with van der Waals surface area (Å²) in [7, 11) is 0. The number of fused-ring (bicyclic) bond motifs is 1. The van der Waals surface area contributed by atoms with Gasteiger partial charge in [0.05, 0.1) is 6.42 Å². The van der Waals surface area contributed by atoms with Crippen molar-refractivity contribution in [2.24, 2.45) is 0 Å². The number of hydrogen-bond donors (Lipinski definition) is 0. The van der Waals surface area contributed by atoms with E-state index in [1.165, 1.54) is 4.57 Å². The van der Waals surface area contributed by atoms with Crippen LogP contribution in [0, 0.1) is 0 Å². The zero-order valence-corrected chi connectivity index (χ0v) is 10.2. The summed E-state index contributed by atoms with van der Waals surface area (Å²) >= 11 is 5.63. The zero-order valence-electron chi connectivity index (χ0n) is 9.41. The Hall–Kier alpha value is -1.30. The third-order valence-corrected chi connectivity index (χ3v) is 2.71. The molecule has 0 amide bonds. The van der Waals surface area contributed by atoms with Crippen LogP contribution in [0.1, 0.15) is 12.2 Å². The first-order valence-corrected chi connectivity index (χ1v) is 5.97. The van der Waals surface area contributed by atoms with E-state index in [-0.39, 0.29) is 6.54 Å². The molecular weight excluding hydrogens is 267 g/mol. The Bertz CT molecular complexity index is 536. The van der Waals surface area contributed by atoms with Gasteiger partial charge in [0.2, 0.25) is 0 Å². The molecule has 0 saturated heterocycles. The van der Waals surface area contributed by atoms with E-state index in [1.807, 2.05) is 0 Å². The SMILES string of the molecule is FC(F)(F)CCn1c(CCCl)nc2cccnc21. The molecule has 0 aliphatic rings. The minimum Gasteiger partial charge on any atom is -0.312 e. The van der Waals surface area contributed by atoms with Gasteiger partial charge in [-0.15, -0.1) is 11.6 Å². The van der Waals surface area contributed by atoms with Gasteiger partial charge in [-0.2, -0.15) is 13.2 Å². The van der Waals surface area contributed by atoms with Crippen LogP contribution < -0.4 is 0 Å². The van der Waals surface area contributed by atoms with Gasteiger partial charge in [-0.3, -0.25) is 0 Å². The fourth-order valence-corrected chi connectivity index (χ4v) is 1.92. The Morgan fingerprint density at radius 1 is 1.33 bits per heavy atom. The quantitative estimate of drug-likeness (QED) is 0.804. The predicted molar refractivity (Wildman–Crippen MR) is 62.6 cm³/mol. The molecule has 0 radical (unpaired) electrons. The second-order valence-electron chi connectivity index (χ2n) is 3.83. The number of pyridine rings is 1. The fourth-order valence-electron chi connectivity index (χ4n) is 1.75. The minimum atomic E-state index is -4.19. The van der Waals surface area contributed by atoms with Gasteiger partial charge in [0, 0.05) is 25.0 Å². The van der Waals surface area contributed by atoms with Gasteiger partial charge >= 0.3 is 6.18 Å². The van der Waals surface area contributed by atoms with Gasteiger partial charge in [-0.25, -0.2) is 9.97 Å². The van der Waals surface area contributed by atoms with Crippen molar-refractivity contribution in [2.75, 3.05) is 5.88 Å². The van der Waals surface area contributed by atoms with Gasteiger partial charge in [-0.05, 0) is 12.1 Å². The first kappa shape index (κ1) is 13.1. The van der Waals surface area contributed by atoms with Gasteiger partial charge in [0.15, 0.2) is 5.65 Å². The van der Waals surface area contributed by atoms with Crippen LogP contribution in [0.25, 0.3) is 11.2 Å². The topological polar surface area (TPSA) is 30.7 Å². The molecule has 0 unspecified atom stereocenters. The fraction of sp³-hybridized carbons (Fsp3) is 0.455. The van der Waals surface area contributed by atoms with Crippen LogP contribution in [0.3, 0.4) is 0 Å². The number of alkyl halides is 4. The van der Waals surface area contributed by atoms with Crippen LogP contribution in [-0.2, 0) is 13.0 Å². The molecule has 2 heterocycles. The van der Waals surface area contributed by atoms with Gasteiger partial charge < -0.3 is 4.57 Å². The second kappa shape index (κ2) is 5.14. The largest absolute Gasteiger partial charge is 0.390 e. The maximum absolute atomic E-state index is 12.3. The summed E-state index contributed by atoms with van der Waals surface area (Å²) in [5.41, 5.74) is 1.07. The highest BCUT2D eigenvalue weighted by molar-refractivity contribution is 6.17. The van der Waals surface area contributed by atoms with Crippen LogP contribution in [0.15, 0.2) is 18.3 Å². The highest BCUT2D eigenvalue weighted by Gasteiger charge is 2.27. The molecule has 0 saturated carbocycles. The average molecular weight is 278 g/mol. The summed E-state index contributed by atoms with van der Waals surface area (Å²) in [6.07, 6.45) is -3.12. The molecule has 0 aromatic carbocycles. The number of rotatable bonds is 4. The Labute approximate surface area is 107 Å². The molecule has 0 spiro atoms. The molecule has 0 atom stereocenters. The third kappa shape index (κ3) is 2.93. The lowest BCUT2D eigenvalue weighted by atomic mass is 10.3. The maximum Gasteiger partial charge on any atom is 0.390 e. The lowest BCUT2D eigenvalue weighted by Gasteiger charge is -2.09. The number of nitrogens with zero attached hydrogens (tertiary/aromatic N) is 3. The summed E-state index contributed by atoms with van der Waals surface area (Å²) in [6, 6.07) is 3.43. The monoisotopic (exact) mass is 277 g/mol. The lowest BCUT2D eigenvalue weighted by molar-refractivity contribution is -0.136. The average Bonchev–Trinajstić information content (AvgIpc) is 2.63. The van der Waals surface area contributed by atoms with Crippen LogP contribution in [0.4, 0.5) is 13.2 Å². The van der Waals surface area contributed by atoms with E-state index in [4.69, 9.17) is 11.6 Å². The standard InChI is InChI=1S/C11H11ClF3N3/c12-5-3-9-17-8-2-1-6-16-10(8)18(9)7-4-11(13,14)15/h1-2,6H,3-5,7H2. The van der Waals surface area contributed by atoms with Crippen molar-refractivity contribution in [2.45, 2.75) is 25.6 Å². The van der Waals surface area contributed by atoms with Crippen molar-refractivity contribution in [3.63, 3.8) is 0 Å². The molecule has 18 heavy (non-hydrogen) atoms. The zero-order chi connectivity index (χ0) is 13.2. The van der Waals surface area contributed by atoms with E-state index >= 15 is 0 Å². The molecule has 0 fully saturated rings. The van der Waals surface area contributed by atoms with Gasteiger partial charge in [-0.1, -0.05) is 0 Å². The van der Waals surface area contributed by atoms with Crippen LogP contribution in [-0.4, -0.2) is 26.6 Å². The first-order chi connectivity index (χ1) is 8.51. The molecule has 0 N–H and O–H groups in total. The van der Waals surface area contributed by atoms with Crippen LogP contribution in [0.2, 0.25) is 0 Å². The number of aryl methyl sites for hydroxylation is 2. The normalized spacial score (nSPS) is 12.2. The predicted octanol–water partition coefficient (Wildman–Crippen LogP) is 3.17. The van der Waals surface area contributed by atoms with Crippen molar-refractivity contribution in [3.8, 4) is 0 Å². The summed E-state index contributed by atoms with van der Waals surface area (Å²) in [5, 5.41) is 0. The highest BCUT2D eigenvalue weighted by Crippen LogP contribution is 2.23. The molecule has 0 aliphatic heterocycles. The molecule has 7 heteroatoms. The molecule has 0 aliphatic carbocycles. The molecule has 0 bridgehead atoms. The Morgan fingerprint density at radius 3 is 2.78 bits per heavy atom. The van der Waals surface area contributed by atoms with Crippen LogP contribution in [0.5, 0.6) is 0 Å². The first-order valence-electron chi connectivity index (χ1n) is 5.44. The molecular formula is C11H11ClF3N3. The Morgan fingerprint density at radius 2 is 2.11 bits per heavy atom. The molecule has 2 aromatic heterocycles. The van der Waals surface area contributed by atoms with Crippen molar-refractivity contribution < 1.29 is 13.2 Å². The van der Waals surface area contributed by atoms with E-state index in [9.17, 15) is 13.2 Å². The molecule has 2 aromatic rings. The summed E-state index contributed by atoms with van der Waals surface area (Å²) in [4.78, 5) is 8.33. The number of halogens is 4. The van der Waals surface area contributed by atoms with Crippen LogP contribution >= 0.6 is 11.6 Å². The molecule has 2 rings (SSSR count). The van der Waals surface area contributed by atoms with Crippen molar-refractivity contribution in [1.82, 2.24) is 14.5 Å². The Kier molecular flexibility index (Phi) is 3.75. The summed E-state index contributed by atoms with van der Waals surface area (Å²) < 4.78 is 38.3. The number of hydrogen-bond acceptors (Lipinski definition) is 2. The molecule has 3 nitrogen and oxygen atoms in total. The molecule has 98 valence electrons. The summed E-state index contributed by atoms with van der Waals surface area (Å²) in [5.74, 6) is 0.859. The maximum atomic E-state index is 12.3. The number of imidazole rings is 1. The highest BCUT2D eigenvalue weighted by atomic mass is 35.5. The van der Waals surface area contributed by atoms with E-state index in [1.54, 1.807) is 18.3 Å². The van der Waals surface area contributed by atoms with E-state index in [0.717, 1.165) is 0 Å². The number of aromatic nitrogens is 3. The smallest absolute Gasteiger partial charge is 0.312 e.